The fraction of sp³-hybridized carbons (Fsp3) is 0.625. The molecule has 2 rings (SSSR count). The first kappa shape index (κ1) is 6.83. The number of nitrogens with zero attached hydrogens (tertiary/aromatic N) is 1. The van der Waals surface area contributed by atoms with Gasteiger partial charge in [0, 0.05) is 12.5 Å². The largest absolute Gasteiger partial charge is 0.333 e. The van der Waals surface area contributed by atoms with Crippen LogP contribution < -0.4 is 0 Å². The van der Waals surface area contributed by atoms with Crippen LogP contribution in [-0.4, -0.2) is 23.4 Å². The molecule has 0 aliphatic carbocycles. The van der Waals surface area contributed by atoms with Crippen molar-refractivity contribution in [1.82, 2.24) is 4.90 Å². The van der Waals surface area contributed by atoms with Crippen LogP contribution in [0.4, 0.5) is 4.39 Å². The molecule has 0 spiro atoms. The van der Waals surface area contributed by atoms with Crippen molar-refractivity contribution in [2.24, 2.45) is 0 Å². The van der Waals surface area contributed by atoms with Crippen LogP contribution >= 0.6 is 0 Å². The fourth-order valence-corrected chi connectivity index (χ4v) is 1.75. The molecule has 0 saturated carbocycles. The number of fused-ring (bicyclic) bond motifs is 1. The molecule has 2 heterocycles. The molecule has 0 N–H and O–H groups in total. The van der Waals surface area contributed by atoms with Crippen LogP contribution in [0.25, 0.3) is 0 Å². The number of rotatable bonds is 0. The van der Waals surface area contributed by atoms with Gasteiger partial charge in [-0.1, -0.05) is 0 Å². The Hall–Kier alpha value is -0.860. The van der Waals surface area contributed by atoms with E-state index in [2.05, 4.69) is 0 Å². The van der Waals surface area contributed by atoms with E-state index in [1.54, 1.807) is 11.0 Å². The summed E-state index contributed by atoms with van der Waals surface area (Å²) in [6, 6.07) is 0.294. The Morgan fingerprint density at radius 3 is 3.27 bits per heavy atom. The number of carbonyl (C=O) groups is 1. The van der Waals surface area contributed by atoms with Crippen LogP contribution in [0.3, 0.4) is 0 Å². The quantitative estimate of drug-likeness (QED) is 0.515. The number of hydrogen-bond donors (Lipinski definition) is 0. The minimum Gasteiger partial charge on any atom is -0.333 e. The van der Waals surface area contributed by atoms with Crippen LogP contribution in [0.15, 0.2) is 11.9 Å². The summed E-state index contributed by atoms with van der Waals surface area (Å²) in [6.07, 6.45) is 3.81. The van der Waals surface area contributed by atoms with Crippen molar-refractivity contribution in [1.29, 1.82) is 0 Å². The first-order valence-electron chi connectivity index (χ1n) is 3.91. The fourth-order valence-electron chi connectivity index (χ4n) is 1.75. The van der Waals surface area contributed by atoms with Gasteiger partial charge in [0.05, 0.1) is 6.54 Å². The molecular formula is C8H10FNO. The van der Waals surface area contributed by atoms with Gasteiger partial charge < -0.3 is 4.90 Å². The molecule has 3 heteroatoms. The molecule has 2 aliphatic heterocycles. The summed E-state index contributed by atoms with van der Waals surface area (Å²) < 4.78 is 12.7. The van der Waals surface area contributed by atoms with Crippen LogP contribution in [0.5, 0.6) is 0 Å². The highest BCUT2D eigenvalue weighted by atomic mass is 19.1. The smallest absolute Gasteiger partial charge is 0.223 e. The van der Waals surface area contributed by atoms with E-state index in [0.717, 1.165) is 6.42 Å². The topological polar surface area (TPSA) is 20.3 Å². The van der Waals surface area contributed by atoms with E-state index in [-0.39, 0.29) is 18.3 Å². The van der Waals surface area contributed by atoms with Crippen molar-refractivity contribution >= 4 is 5.91 Å². The number of halogens is 1. The third kappa shape index (κ3) is 1.04. The maximum atomic E-state index is 12.7. The van der Waals surface area contributed by atoms with E-state index in [9.17, 15) is 9.18 Å². The second-order valence-corrected chi connectivity index (χ2v) is 3.10. The zero-order valence-electron chi connectivity index (χ0n) is 6.22. The molecule has 2 nitrogen and oxygen atoms in total. The highest BCUT2D eigenvalue weighted by Crippen LogP contribution is 2.27. The Morgan fingerprint density at radius 1 is 1.64 bits per heavy atom. The minimum absolute atomic E-state index is 0.109. The Morgan fingerprint density at radius 2 is 2.45 bits per heavy atom. The molecule has 1 fully saturated rings. The Balaban J connectivity index is 2.17. The van der Waals surface area contributed by atoms with Crippen molar-refractivity contribution in [2.45, 2.75) is 25.3 Å². The monoisotopic (exact) mass is 155 g/mol. The van der Waals surface area contributed by atoms with Crippen molar-refractivity contribution in [3.8, 4) is 0 Å². The SMILES string of the molecule is O=C1CCC2CC=C(F)CN12. The van der Waals surface area contributed by atoms with Gasteiger partial charge in [0.2, 0.25) is 5.91 Å². The molecule has 1 saturated heterocycles. The van der Waals surface area contributed by atoms with E-state index in [1.807, 2.05) is 0 Å². The highest BCUT2D eigenvalue weighted by molar-refractivity contribution is 5.79. The van der Waals surface area contributed by atoms with Crippen LogP contribution in [0, 0.1) is 0 Å². The molecule has 60 valence electrons. The Bertz CT molecular complexity index is 224. The van der Waals surface area contributed by atoms with Crippen molar-refractivity contribution in [3.05, 3.63) is 11.9 Å². The molecule has 1 unspecified atom stereocenters. The van der Waals surface area contributed by atoms with E-state index in [0.29, 0.717) is 18.9 Å². The average molecular weight is 155 g/mol. The number of carbonyl (C=O) groups excluding carboxylic acids is 1. The summed E-state index contributed by atoms with van der Waals surface area (Å²) in [5, 5.41) is 0. The maximum absolute atomic E-state index is 12.7. The molecular weight excluding hydrogens is 145 g/mol. The van der Waals surface area contributed by atoms with Crippen molar-refractivity contribution < 1.29 is 9.18 Å². The predicted octanol–water partition coefficient (Wildman–Crippen LogP) is 1.23. The number of amides is 1. The van der Waals surface area contributed by atoms with Gasteiger partial charge in [0.25, 0.3) is 0 Å². The van der Waals surface area contributed by atoms with Crippen LogP contribution in [0.1, 0.15) is 19.3 Å². The Labute approximate surface area is 64.7 Å². The zero-order chi connectivity index (χ0) is 7.84. The second-order valence-electron chi connectivity index (χ2n) is 3.10. The number of hydrogen-bond acceptors (Lipinski definition) is 1. The van der Waals surface area contributed by atoms with E-state index < -0.39 is 0 Å². The molecule has 11 heavy (non-hydrogen) atoms. The predicted molar refractivity (Wildman–Crippen MR) is 38.5 cm³/mol. The summed E-state index contributed by atoms with van der Waals surface area (Å²) in [5.41, 5.74) is 0. The first-order chi connectivity index (χ1) is 5.27. The van der Waals surface area contributed by atoms with Gasteiger partial charge in [-0.3, -0.25) is 4.79 Å². The van der Waals surface area contributed by atoms with Crippen molar-refractivity contribution in [3.63, 3.8) is 0 Å². The Kier molecular flexibility index (Phi) is 1.44. The normalized spacial score (nSPS) is 30.3. The third-order valence-electron chi connectivity index (χ3n) is 2.39. The van der Waals surface area contributed by atoms with Gasteiger partial charge in [-0.2, -0.15) is 0 Å². The summed E-state index contributed by atoms with van der Waals surface area (Å²) in [5.74, 6) is -0.0465. The van der Waals surface area contributed by atoms with Gasteiger partial charge in [-0.15, -0.1) is 0 Å². The third-order valence-corrected chi connectivity index (χ3v) is 2.39. The molecule has 0 bridgehead atoms. The van der Waals surface area contributed by atoms with Gasteiger partial charge in [-0.05, 0) is 18.9 Å². The van der Waals surface area contributed by atoms with E-state index in [4.69, 9.17) is 0 Å². The van der Waals surface area contributed by atoms with E-state index >= 15 is 0 Å². The molecule has 2 aliphatic rings. The minimum atomic E-state index is -0.156. The standard InChI is InChI=1S/C8H10FNO/c9-6-1-2-7-3-4-8(11)10(7)5-6/h1,7H,2-5H2. The van der Waals surface area contributed by atoms with Gasteiger partial charge in [0.15, 0.2) is 0 Å². The molecule has 1 atom stereocenters. The lowest BCUT2D eigenvalue weighted by molar-refractivity contribution is -0.128. The summed E-state index contributed by atoms with van der Waals surface area (Å²) in [4.78, 5) is 12.7. The first-order valence-corrected chi connectivity index (χ1v) is 3.91. The van der Waals surface area contributed by atoms with Gasteiger partial charge >= 0.3 is 0 Å². The molecule has 0 aromatic rings. The lowest BCUT2D eigenvalue weighted by atomic mass is 10.1. The van der Waals surface area contributed by atoms with Crippen molar-refractivity contribution in [2.75, 3.05) is 6.54 Å². The van der Waals surface area contributed by atoms with Gasteiger partial charge in [0.1, 0.15) is 5.83 Å². The molecule has 0 aromatic carbocycles. The average Bonchev–Trinajstić information content (AvgIpc) is 2.33. The summed E-state index contributed by atoms with van der Waals surface area (Å²) >= 11 is 0. The maximum Gasteiger partial charge on any atom is 0.223 e. The molecule has 1 amide bonds. The summed E-state index contributed by atoms with van der Waals surface area (Å²) in [7, 11) is 0. The lowest BCUT2D eigenvalue weighted by Gasteiger charge is -2.26. The molecule has 0 radical (unpaired) electrons. The second kappa shape index (κ2) is 2.32. The van der Waals surface area contributed by atoms with E-state index in [1.165, 1.54) is 0 Å². The molecule has 0 aromatic heterocycles. The summed E-state index contributed by atoms with van der Waals surface area (Å²) in [6.45, 7) is 0.212. The van der Waals surface area contributed by atoms with Gasteiger partial charge in [-0.25, -0.2) is 4.39 Å². The highest BCUT2D eigenvalue weighted by Gasteiger charge is 2.32. The van der Waals surface area contributed by atoms with Crippen LogP contribution in [-0.2, 0) is 4.79 Å². The zero-order valence-corrected chi connectivity index (χ0v) is 6.22. The van der Waals surface area contributed by atoms with Crippen LogP contribution in [0.2, 0.25) is 0 Å². The lowest BCUT2D eigenvalue weighted by Crippen LogP contribution is -2.36.